The van der Waals surface area contributed by atoms with Crippen molar-refractivity contribution >= 4 is 26.5 Å². The number of hydrogen-bond acceptors (Lipinski definition) is 3. The molecule has 3 nitrogen and oxygen atoms in total. The van der Waals surface area contributed by atoms with Gasteiger partial charge < -0.3 is 0 Å². The van der Waals surface area contributed by atoms with Crippen LogP contribution in [0.15, 0.2) is 152 Å². The number of nitrogens with zero attached hydrogens (tertiary/aromatic N) is 3. The van der Waals surface area contributed by atoms with Crippen LogP contribution in [0, 0.1) is 0 Å². The second-order valence-electron chi connectivity index (χ2n) is 15.1. The maximum atomic E-state index is 5.04. The molecular weight excluding hydrogens is 639 g/mol. The van der Waals surface area contributed by atoms with Crippen LogP contribution in [0.3, 0.4) is 0 Å². The summed E-state index contributed by atoms with van der Waals surface area (Å²) in [6.45, 7) is 14.3. The van der Waals surface area contributed by atoms with Crippen molar-refractivity contribution in [3.8, 4) is 67.5 Å². The largest absolute Gasteiger partial charge is 0.208 e. The molecule has 50 heavy (non-hydrogen) atoms. The first-order chi connectivity index (χ1) is 24.0. The highest BCUT2D eigenvalue weighted by molar-refractivity contribution is 6.89. The van der Waals surface area contributed by atoms with Crippen molar-refractivity contribution in [1.82, 2.24) is 15.0 Å². The zero-order valence-corrected chi connectivity index (χ0v) is 31.8. The molecule has 0 spiro atoms. The Bertz CT molecular complexity index is 2270. The van der Waals surface area contributed by atoms with Gasteiger partial charge in [-0.1, -0.05) is 183 Å². The van der Waals surface area contributed by atoms with Crippen LogP contribution in [0.2, 0.25) is 39.3 Å². The van der Waals surface area contributed by atoms with Gasteiger partial charge in [-0.2, -0.15) is 0 Å². The second-order valence-corrected chi connectivity index (χ2v) is 25.2. The minimum Gasteiger partial charge on any atom is -0.208 e. The molecular formula is C45H43N3Si2. The van der Waals surface area contributed by atoms with Gasteiger partial charge in [-0.25, -0.2) is 15.0 Å². The molecule has 0 amide bonds. The van der Waals surface area contributed by atoms with E-state index in [1.807, 2.05) is 18.2 Å². The summed E-state index contributed by atoms with van der Waals surface area (Å²) >= 11 is 0. The molecule has 0 fully saturated rings. The molecule has 0 radical (unpaired) electrons. The average Bonchev–Trinajstić information content (AvgIpc) is 3.14. The summed E-state index contributed by atoms with van der Waals surface area (Å²) in [5.74, 6) is 2.01. The monoisotopic (exact) mass is 681 g/mol. The smallest absolute Gasteiger partial charge is 0.164 e. The quantitative estimate of drug-likeness (QED) is 0.150. The van der Waals surface area contributed by atoms with Crippen molar-refractivity contribution in [2.75, 3.05) is 0 Å². The number of aromatic nitrogens is 3. The Morgan fingerprint density at radius 2 is 0.580 bits per heavy atom. The molecule has 0 aliphatic carbocycles. The molecule has 0 atom stereocenters. The topological polar surface area (TPSA) is 38.7 Å². The van der Waals surface area contributed by atoms with Crippen LogP contribution in [0.1, 0.15) is 0 Å². The third-order valence-electron chi connectivity index (χ3n) is 9.27. The van der Waals surface area contributed by atoms with Crippen molar-refractivity contribution < 1.29 is 0 Å². The minimum atomic E-state index is -1.43. The SMILES string of the molecule is C[Si](C)(C)c1ccc(-c2cccc(-c3cccc(-c4cccc(-c5nc(-c6ccccc6)nc(-c6ccc([Si](C)(C)C)cc6)n5)c4)c3)c2)cc1. The Labute approximate surface area is 298 Å². The Morgan fingerprint density at radius 3 is 1.00 bits per heavy atom. The van der Waals surface area contributed by atoms with Gasteiger partial charge in [0, 0.05) is 16.7 Å². The van der Waals surface area contributed by atoms with Gasteiger partial charge in [-0.3, -0.25) is 0 Å². The Kier molecular flexibility index (Phi) is 9.04. The molecule has 0 saturated heterocycles. The molecule has 7 aromatic rings. The molecule has 246 valence electrons. The maximum Gasteiger partial charge on any atom is 0.164 e. The van der Waals surface area contributed by atoms with Crippen molar-refractivity contribution in [3.63, 3.8) is 0 Å². The van der Waals surface area contributed by atoms with Crippen LogP contribution < -0.4 is 10.4 Å². The van der Waals surface area contributed by atoms with E-state index in [4.69, 9.17) is 15.0 Å². The van der Waals surface area contributed by atoms with Gasteiger partial charge in [-0.15, -0.1) is 0 Å². The van der Waals surface area contributed by atoms with Crippen LogP contribution in [0.4, 0.5) is 0 Å². The van der Waals surface area contributed by atoms with Crippen LogP contribution in [-0.2, 0) is 0 Å². The Morgan fingerprint density at radius 1 is 0.280 bits per heavy atom. The molecule has 0 unspecified atom stereocenters. The number of benzene rings is 6. The lowest BCUT2D eigenvalue weighted by atomic mass is 9.95. The van der Waals surface area contributed by atoms with Crippen LogP contribution in [-0.4, -0.2) is 31.1 Å². The summed E-state index contributed by atoms with van der Waals surface area (Å²) in [5.41, 5.74) is 10.0. The zero-order chi connectivity index (χ0) is 34.9. The number of rotatable bonds is 8. The molecule has 6 aromatic carbocycles. The highest BCUT2D eigenvalue weighted by atomic mass is 28.3. The Balaban J connectivity index is 1.24. The summed E-state index contributed by atoms with van der Waals surface area (Å²) < 4.78 is 0. The lowest BCUT2D eigenvalue weighted by Crippen LogP contribution is -2.37. The lowest BCUT2D eigenvalue weighted by molar-refractivity contribution is 1.07. The standard InChI is InChI=1S/C45H43N3Si2/c1-49(2,3)41-25-21-32(22-26-41)35-15-10-16-36(29-35)37-17-11-18-38(30-37)39-19-12-20-40(31-39)45-47-43(33-13-8-7-9-14-33)46-44(48-45)34-23-27-42(28-24-34)50(4,5)6/h7-31H,1-6H3. The van der Waals surface area contributed by atoms with Crippen LogP contribution in [0.25, 0.3) is 67.5 Å². The van der Waals surface area contributed by atoms with E-state index in [2.05, 4.69) is 173 Å². The van der Waals surface area contributed by atoms with Gasteiger partial charge in [-0.05, 0) is 51.6 Å². The van der Waals surface area contributed by atoms with Gasteiger partial charge in [0.15, 0.2) is 17.5 Å². The average molecular weight is 682 g/mol. The fraction of sp³-hybridized carbons (Fsp3) is 0.133. The van der Waals surface area contributed by atoms with Crippen molar-refractivity contribution in [1.29, 1.82) is 0 Å². The second kappa shape index (κ2) is 13.6. The van der Waals surface area contributed by atoms with E-state index in [0.717, 1.165) is 27.8 Å². The molecule has 1 heterocycles. The van der Waals surface area contributed by atoms with Gasteiger partial charge in [0.25, 0.3) is 0 Å². The highest BCUT2D eigenvalue weighted by Crippen LogP contribution is 2.32. The predicted molar refractivity (Wildman–Crippen MR) is 218 cm³/mol. The first kappa shape index (κ1) is 33.3. The minimum absolute atomic E-state index is 0.661. The summed E-state index contributed by atoms with van der Waals surface area (Å²) in [4.78, 5) is 15.0. The third-order valence-corrected chi connectivity index (χ3v) is 13.4. The van der Waals surface area contributed by atoms with Crippen molar-refractivity contribution in [2.45, 2.75) is 39.3 Å². The van der Waals surface area contributed by atoms with E-state index in [0.29, 0.717) is 17.5 Å². The molecule has 0 saturated carbocycles. The summed E-state index contributed by atoms with van der Waals surface area (Å²) in [6.07, 6.45) is 0. The molecule has 0 aliphatic rings. The van der Waals surface area contributed by atoms with Crippen molar-refractivity contribution in [3.05, 3.63) is 152 Å². The van der Waals surface area contributed by atoms with E-state index in [1.54, 1.807) is 0 Å². The summed E-state index contributed by atoms with van der Waals surface area (Å²) in [5, 5.41) is 2.89. The highest BCUT2D eigenvalue weighted by Gasteiger charge is 2.18. The predicted octanol–water partition coefficient (Wildman–Crippen LogP) is 11.0. The van der Waals surface area contributed by atoms with Crippen LogP contribution in [0.5, 0.6) is 0 Å². The fourth-order valence-electron chi connectivity index (χ4n) is 6.23. The van der Waals surface area contributed by atoms with E-state index in [9.17, 15) is 0 Å². The van der Waals surface area contributed by atoms with Crippen LogP contribution >= 0.6 is 0 Å². The molecule has 0 aliphatic heterocycles. The van der Waals surface area contributed by atoms with Gasteiger partial charge in [0.1, 0.15) is 0 Å². The first-order valence-corrected chi connectivity index (χ1v) is 24.4. The molecule has 1 aromatic heterocycles. The molecule has 0 N–H and O–H groups in total. The normalized spacial score (nSPS) is 11.8. The van der Waals surface area contributed by atoms with E-state index in [-0.39, 0.29) is 0 Å². The summed E-state index contributed by atoms with van der Waals surface area (Å²) in [7, 11) is -2.77. The van der Waals surface area contributed by atoms with E-state index in [1.165, 1.54) is 32.6 Å². The van der Waals surface area contributed by atoms with Crippen molar-refractivity contribution in [2.24, 2.45) is 0 Å². The molecule has 5 heteroatoms. The first-order valence-electron chi connectivity index (χ1n) is 17.4. The molecule has 7 rings (SSSR count). The summed E-state index contributed by atoms with van der Waals surface area (Å²) in [6, 6.07) is 54.3. The number of hydrogen-bond donors (Lipinski definition) is 0. The van der Waals surface area contributed by atoms with E-state index < -0.39 is 16.1 Å². The van der Waals surface area contributed by atoms with Gasteiger partial charge >= 0.3 is 0 Å². The fourth-order valence-corrected chi connectivity index (χ4v) is 8.56. The Hall–Kier alpha value is -5.24. The maximum absolute atomic E-state index is 5.04. The van der Waals surface area contributed by atoms with E-state index >= 15 is 0 Å². The lowest BCUT2D eigenvalue weighted by Gasteiger charge is -2.17. The third kappa shape index (κ3) is 7.35. The van der Waals surface area contributed by atoms with Gasteiger partial charge in [0.2, 0.25) is 0 Å². The molecule has 0 bridgehead atoms. The zero-order valence-electron chi connectivity index (χ0n) is 29.8. The van der Waals surface area contributed by atoms with Gasteiger partial charge in [0.05, 0.1) is 16.1 Å².